The third-order valence-electron chi connectivity index (χ3n) is 1.15. The summed E-state index contributed by atoms with van der Waals surface area (Å²) in [6.07, 6.45) is -4.99. The Morgan fingerprint density at radius 3 is 2.50 bits per heavy atom. The highest BCUT2D eigenvalue weighted by atomic mass is 35.5. The second kappa shape index (κ2) is 3.49. The van der Waals surface area contributed by atoms with Crippen LogP contribution in [0.25, 0.3) is 0 Å². The number of anilines is 1. The maximum Gasteiger partial charge on any atom is 0.574 e. The van der Waals surface area contributed by atoms with Crippen molar-refractivity contribution in [1.82, 2.24) is 4.98 Å². The molecule has 78 valence electrons. The molecule has 0 aliphatic carbocycles. The highest BCUT2D eigenvalue weighted by Gasteiger charge is 2.33. The van der Waals surface area contributed by atoms with Crippen molar-refractivity contribution in [3.63, 3.8) is 0 Å². The summed E-state index contributed by atoms with van der Waals surface area (Å²) in [6, 6.07) is 0.681. The monoisotopic (exact) mass is 230 g/mol. The molecule has 0 atom stereocenters. The average molecular weight is 231 g/mol. The van der Waals surface area contributed by atoms with Crippen LogP contribution >= 0.6 is 11.6 Å². The van der Waals surface area contributed by atoms with Gasteiger partial charge in [-0.05, 0) is 0 Å². The van der Waals surface area contributed by atoms with E-state index in [2.05, 4.69) is 9.72 Å². The Kier molecular flexibility index (Phi) is 2.70. The van der Waals surface area contributed by atoms with Crippen molar-refractivity contribution in [1.29, 1.82) is 0 Å². The van der Waals surface area contributed by atoms with Crippen molar-refractivity contribution >= 4 is 17.3 Å². The Labute approximate surface area is 80.4 Å². The van der Waals surface area contributed by atoms with Gasteiger partial charge in [-0.2, -0.15) is 4.98 Å². The molecule has 1 rings (SSSR count). The molecule has 0 aromatic carbocycles. The predicted molar refractivity (Wildman–Crippen MR) is 40.3 cm³/mol. The van der Waals surface area contributed by atoms with Crippen molar-refractivity contribution in [2.75, 3.05) is 5.73 Å². The zero-order valence-electron chi connectivity index (χ0n) is 6.40. The fourth-order valence-corrected chi connectivity index (χ4v) is 0.834. The number of pyridine rings is 1. The van der Waals surface area contributed by atoms with Crippen LogP contribution in [-0.4, -0.2) is 11.3 Å². The summed E-state index contributed by atoms with van der Waals surface area (Å²) in [5.41, 5.74) is 4.10. The summed E-state index contributed by atoms with van der Waals surface area (Å²) < 4.78 is 51.2. The SMILES string of the molecule is Nc1c(F)cc(Cl)nc1OC(F)(F)F. The number of rotatable bonds is 1. The van der Waals surface area contributed by atoms with Gasteiger partial charge >= 0.3 is 6.36 Å². The van der Waals surface area contributed by atoms with Gasteiger partial charge in [-0.1, -0.05) is 11.6 Å². The number of hydrogen-bond acceptors (Lipinski definition) is 3. The van der Waals surface area contributed by atoms with Gasteiger partial charge in [0.05, 0.1) is 0 Å². The molecule has 0 spiro atoms. The summed E-state index contributed by atoms with van der Waals surface area (Å²) >= 11 is 5.20. The smallest absolute Gasteiger partial charge is 0.392 e. The lowest BCUT2D eigenvalue weighted by Gasteiger charge is -2.10. The lowest BCUT2D eigenvalue weighted by atomic mass is 10.4. The van der Waals surface area contributed by atoms with E-state index in [1.54, 1.807) is 0 Å². The van der Waals surface area contributed by atoms with Gasteiger partial charge in [-0.3, -0.25) is 0 Å². The van der Waals surface area contributed by atoms with Gasteiger partial charge in [0, 0.05) is 6.07 Å². The molecule has 1 aromatic rings. The van der Waals surface area contributed by atoms with Crippen LogP contribution in [0.1, 0.15) is 0 Å². The summed E-state index contributed by atoms with van der Waals surface area (Å²) in [5, 5.41) is -0.476. The summed E-state index contributed by atoms with van der Waals surface area (Å²) in [6.45, 7) is 0. The number of nitrogen functional groups attached to an aromatic ring is 1. The molecular formula is C6H3ClF4N2O. The molecule has 1 aromatic heterocycles. The van der Waals surface area contributed by atoms with E-state index in [0.29, 0.717) is 6.07 Å². The van der Waals surface area contributed by atoms with Gasteiger partial charge in [0.15, 0.2) is 5.82 Å². The highest BCUT2D eigenvalue weighted by Crippen LogP contribution is 2.29. The van der Waals surface area contributed by atoms with E-state index in [4.69, 9.17) is 17.3 Å². The van der Waals surface area contributed by atoms with Crippen LogP contribution in [0, 0.1) is 5.82 Å². The molecule has 0 amide bonds. The molecule has 2 N–H and O–H groups in total. The normalized spacial score (nSPS) is 11.5. The van der Waals surface area contributed by atoms with E-state index < -0.39 is 28.9 Å². The van der Waals surface area contributed by atoms with Crippen molar-refractivity contribution in [3.05, 3.63) is 17.0 Å². The molecule has 1 heterocycles. The fourth-order valence-electron chi connectivity index (χ4n) is 0.661. The van der Waals surface area contributed by atoms with Crippen LogP contribution < -0.4 is 10.5 Å². The first-order valence-electron chi connectivity index (χ1n) is 3.17. The minimum Gasteiger partial charge on any atom is -0.392 e. The first-order chi connectivity index (χ1) is 6.29. The van der Waals surface area contributed by atoms with Gasteiger partial charge in [0.25, 0.3) is 0 Å². The average Bonchev–Trinajstić information content (AvgIpc) is 1.96. The van der Waals surface area contributed by atoms with E-state index in [1.165, 1.54) is 0 Å². The Hall–Kier alpha value is -1.24. The molecule has 0 radical (unpaired) electrons. The zero-order chi connectivity index (χ0) is 10.9. The quantitative estimate of drug-likeness (QED) is 0.595. The lowest BCUT2D eigenvalue weighted by Crippen LogP contribution is -2.19. The molecule has 0 unspecified atom stereocenters. The number of nitrogens with two attached hydrogens (primary N) is 1. The van der Waals surface area contributed by atoms with Gasteiger partial charge < -0.3 is 10.5 Å². The van der Waals surface area contributed by atoms with E-state index in [-0.39, 0.29) is 0 Å². The van der Waals surface area contributed by atoms with Crippen LogP contribution in [0.5, 0.6) is 5.88 Å². The van der Waals surface area contributed by atoms with Crippen LogP contribution in [0.15, 0.2) is 6.07 Å². The first kappa shape index (κ1) is 10.8. The Morgan fingerprint density at radius 2 is 2.00 bits per heavy atom. The van der Waals surface area contributed by atoms with E-state index in [9.17, 15) is 17.6 Å². The molecule has 0 saturated heterocycles. The van der Waals surface area contributed by atoms with E-state index >= 15 is 0 Å². The minimum atomic E-state index is -4.99. The van der Waals surface area contributed by atoms with Gasteiger partial charge in [-0.25, -0.2) is 4.39 Å². The maximum absolute atomic E-state index is 12.7. The third kappa shape index (κ3) is 2.63. The Bertz CT molecular complexity index is 354. The zero-order valence-corrected chi connectivity index (χ0v) is 7.16. The van der Waals surface area contributed by atoms with Crippen molar-refractivity contribution < 1.29 is 22.3 Å². The van der Waals surface area contributed by atoms with Gasteiger partial charge in [0.1, 0.15) is 10.8 Å². The van der Waals surface area contributed by atoms with Crippen LogP contribution in [0.2, 0.25) is 5.15 Å². The van der Waals surface area contributed by atoms with Crippen molar-refractivity contribution in [3.8, 4) is 5.88 Å². The van der Waals surface area contributed by atoms with Crippen LogP contribution in [0.4, 0.5) is 23.2 Å². The predicted octanol–water partition coefficient (Wildman–Crippen LogP) is 2.35. The minimum absolute atomic E-state index is 0.476. The topological polar surface area (TPSA) is 48.1 Å². The number of hydrogen-bond donors (Lipinski definition) is 1. The van der Waals surface area contributed by atoms with Crippen LogP contribution in [0.3, 0.4) is 0 Å². The van der Waals surface area contributed by atoms with E-state index in [1.807, 2.05) is 0 Å². The highest BCUT2D eigenvalue weighted by molar-refractivity contribution is 6.29. The van der Waals surface area contributed by atoms with Crippen molar-refractivity contribution in [2.24, 2.45) is 0 Å². The summed E-state index contributed by atoms with van der Waals surface area (Å²) in [5.74, 6) is -2.22. The molecule has 0 fully saturated rings. The van der Waals surface area contributed by atoms with Crippen molar-refractivity contribution in [2.45, 2.75) is 6.36 Å². The largest absolute Gasteiger partial charge is 0.574 e. The Balaban J connectivity index is 3.09. The molecule has 0 aliphatic rings. The molecule has 0 saturated carbocycles. The summed E-state index contributed by atoms with van der Waals surface area (Å²) in [4.78, 5) is 3.08. The first-order valence-corrected chi connectivity index (χ1v) is 3.54. The lowest BCUT2D eigenvalue weighted by molar-refractivity contribution is -0.275. The standard InChI is InChI=1S/C6H3ClF4N2O/c7-3-1-2(8)4(12)5(13-3)14-6(9,10)11/h1H,12H2. The van der Waals surface area contributed by atoms with E-state index in [0.717, 1.165) is 0 Å². The molecule has 8 heteroatoms. The summed E-state index contributed by atoms with van der Waals surface area (Å²) in [7, 11) is 0. The fraction of sp³-hybridized carbons (Fsp3) is 0.167. The third-order valence-corrected chi connectivity index (χ3v) is 1.35. The molecule has 14 heavy (non-hydrogen) atoms. The molecule has 0 aliphatic heterocycles. The molecule has 0 bridgehead atoms. The number of ether oxygens (including phenoxy) is 1. The number of nitrogens with zero attached hydrogens (tertiary/aromatic N) is 1. The second-order valence-electron chi connectivity index (χ2n) is 2.19. The number of aromatic nitrogens is 1. The molecular weight excluding hydrogens is 228 g/mol. The molecule has 3 nitrogen and oxygen atoms in total. The number of halogens is 5. The Morgan fingerprint density at radius 1 is 1.43 bits per heavy atom. The van der Waals surface area contributed by atoms with Crippen LogP contribution in [-0.2, 0) is 0 Å². The van der Waals surface area contributed by atoms with Gasteiger partial charge in [0.2, 0.25) is 5.88 Å². The van der Waals surface area contributed by atoms with Gasteiger partial charge in [-0.15, -0.1) is 13.2 Å². The second-order valence-corrected chi connectivity index (χ2v) is 2.58. The maximum atomic E-state index is 12.7. The number of alkyl halides is 3.